The van der Waals surface area contributed by atoms with Crippen molar-refractivity contribution in [1.29, 1.82) is 0 Å². The van der Waals surface area contributed by atoms with E-state index in [1.54, 1.807) is 19.0 Å². The van der Waals surface area contributed by atoms with Gasteiger partial charge >= 0.3 is 0 Å². The fourth-order valence-electron chi connectivity index (χ4n) is 0.974. The Balaban J connectivity index is 2.75. The van der Waals surface area contributed by atoms with E-state index in [4.69, 9.17) is 4.74 Å². The highest BCUT2D eigenvalue weighted by molar-refractivity contribution is 5.70. The van der Waals surface area contributed by atoms with Crippen molar-refractivity contribution in [3.8, 4) is 5.75 Å². The summed E-state index contributed by atoms with van der Waals surface area (Å²) in [6.07, 6.45) is 2.14. The summed E-state index contributed by atoms with van der Waals surface area (Å²) < 4.78 is 17.8. The van der Waals surface area contributed by atoms with Crippen LogP contribution in [0.15, 0.2) is 36.2 Å². The van der Waals surface area contributed by atoms with E-state index in [1.165, 1.54) is 30.5 Å². The molecule has 80 valence electrons. The summed E-state index contributed by atoms with van der Waals surface area (Å²) in [4.78, 5) is 12.3. The van der Waals surface area contributed by atoms with E-state index in [0.717, 1.165) is 0 Å². The molecule has 0 aliphatic carbocycles. The van der Waals surface area contributed by atoms with Gasteiger partial charge in [0, 0.05) is 20.3 Å². The van der Waals surface area contributed by atoms with Crippen molar-refractivity contribution in [1.82, 2.24) is 4.90 Å². The molecule has 4 heteroatoms. The van der Waals surface area contributed by atoms with E-state index in [9.17, 15) is 9.18 Å². The van der Waals surface area contributed by atoms with Gasteiger partial charge in [0.15, 0.2) is 12.0 Å². The van der Waals surface area contributed by atoms with Crippen LogP contribution >= 0.6 is 0 Å². The molecule has 0 aliphatic heterocycles. The highest BCUT2D eigenvalue weighted by Crippen LogP contribution is 2.13. The number of nitrogens with zero attached hydrogens (tertiary/aromatic N) is 1. The van der Waals surface area contributed by atoms with Gasteiger partial charge in [-0.05, 0) is 24.3 Å². The molecule has 0 N–H and O–H groups in total. The molecule has 0 fully saturated rings. The van der Waals surface area contributed by atoms with E-state index in [1.807, 2.05) is 0 Å². The molecule has 0 atom stereocenters. The van der Waals surface area contributed by atoms with Gasteiger partial charge in [-0.15, -0.1) is 0 Å². The summed E-state index contributed by atoms with van der Waals surface area (Å²) in [5.74, 6) is 0.259. The molecule has 1 aromatic rings. The fraction of sp³-hybridized carbons (Fsp3) is 0.182. The zero-order chi connectivity index (χ0) is 11.3. The zero-order valence-electron chi connectivity index (χ0n) is 8.61. The Labute approximate surface area is 87.8 Å². The highest BCUT2D eigenvalue weighted by Gasteiger charge is 2.00. The lowest BCUT2D eigenvalue weighted by Gasteiger charge is -2.08. The van der Waals surface area contributed by atoms with Crippen molar-refractivity contribution < 1.29 is 13.9 Å². The molecule has 3 nitrogen and oxygen atoms in total. The number of carbonyl (C=O) groups excluding carboxylic acids is 1. The molecule has 0 bridgehead atoms. The Bertz CT molecular complexity index is 357. The number of aldehydes is 1. The molecular weight excluding hydrogens is 197 g/mol. The van der Waals surface area contributed by atoms with Gasteiger partial charge in [-0.25, -0.2) is 4.39 Å². The molecule has 0 radical (unpaired) electrons. The number of carbonyl (C=O) groups is 1. The highest BCUT2D eigenvalue weighted by atomic mass is 19.1. The lowest BCUT2D eigenvalue weighted by atomic mass is 10.3. The second-order valence-corrected chi connectivity index (χ2v) is 3.17. The summed E-state index contributed by atoms with van der Waals surface area (Å²) in [6, 6.07) is 5.46. The SMILES string of the molecule is CN(C)/C=C(/C=O)Oc1ccc(F)cc1. The summed E-state index contributed by atoms with van der Waals surface area (Å²) in [5, 5.41) is 0. The third-order valence-corrected chi connectivity index (χ3v) is 1.55. The van der Waals surface area contributed by atoms with Gasteiger partial charge in [-0.2, -0.15) is 0 Å². The number of allylic oxidation sites excluding steroid dienone is 1. The topological polar surface area (TPSA) is 29.5 Å². The van der Waals surface area contributed by atoms with Crippen LogP contribution in [0.25, 0.3) is 0 Å². The van der Waals surface area contributed by atoms with Gasteiger partial charge in [0.2, 0.25) is 0 Å². The van der Waals surface area contributed by atoms with Crippen molar-refractivity contribution in [2.45, 2.75) is 0 Å². The average Bonchev–Trinajstić information content (AvgIpc) is 2.19. The van der Waals surface area contributed by atoms with Gasteiger partial charge in [0.1, 0.15) is 11.6 Å². The van der Waals surface area contributed by atoms with E-state index in [0.29, 0.717) is 12.0 Å². The Kier molecular flexibility index (Phi) is 3.85. The van der Waals surface area contributed by atoms with Crippen LogP contribution in [0.2, 0.25) is 0 Å². The van der Waals surface area contributed by atoms with Gasteiger partial charge in [-0.3, -0.25) is 4.79 Å². The van der Waals surface area contributed by atoms with E-state index in [2.05, 4.69) is 0 Å². The Morgan fingerprint density at radius 2 is 1.93 bits per heavy atom. The van der Waals surface area contributed by atoms with Crippen molar-refractivity contribution in [2.75, 3.05) is 14.1 Å². The molecular formula is C11H12FNO2. The Morgan fingerprint density at radius 1 is 1.33 bits per heavy atom. The Morgan fingerprint density at radius 3 is 2.40 bits per heavy atom. The molecule has 1 rings (SSSR count). The van der Waals surface area contributed by atoms with Crippen molar-refractivity contribution in [3.63, 3.8) is 0 Å². The van der Waals surface area contributed by atoms with Gasteiger partial charge in [0.05, 0.1) is 0 Å². The van der Waals surface area contributed by atoms with Crippen LogP contribution in [0.1, 0.15) is 0 Å². The van der Waals surface area contributed by atoms with Crippen molar-refractivity contribution in [2.24, 2.45) is 0 Å². The number of benzene rings is 1. The van der Waals surface area contributed by atoms with Crippen LogP contribution in [-0.2, 0) is 4.79 Å². The molecule has 0 amide bonds. The minimum atomic E-state index is -0.341. The molecule has 15 heavy (non-hydrogen) atoms. The lowest BCUT2D eigenvalue weighted by Crippen LogP contribution is -2.07. The molecule has 0 saturated heterocycles. The van der Waals surface area contributed by atoms with Gasteiger partial charge < -0.3 is 9.64 Å². The molecule has 0 aliphatic rings. The normalized spacial score (nSPS) is 11.0. The minimum absolute atomic E-state index is 0.173. The summed E-state index contributed by atoms with van der Waals surface area (Å²) in [5.41, 5.74) is 0. The first kappa shape index (κ1) is 11.2. The maximum atomic E-state index is 12.6. The van der Waals surface area contributed by atoms with E-state index < -0.39 is 0 Å². The first-order valence-corrected chi connectivity index (χ1v) is 4.38. The maximum absolute atomic E-state index is 12.6. The second kappa shape index (κ2) is 5.14. The Hall–Kier alpha value is -1.84. The average molecular weight is 209 g/mol. The van der Waals surface area contributed by atoms with Crippen LogP contribution < -0.4 is 4.74 Å². The number of hydrogen-bond acceptors (Lipinski definition) is 3. The summed E-state index contributed by atoms with van der Waals surface area (Å²) in [7, 11) is 3.55. The number of hydrogen-bond donors (Lipinski definition) is 0. The van der Waals surface area contributed by atoms with Crippen LogP contribution in [-0.4, -0.2) is 25.3 Å². The lowest BCUT2D eigenvalue weighted by molar-refractivity contribution is -0.106. The minimum Gasteiger partial charge on any atom is -0.452 e. The van der Waals surface area contributed by atoms with Crippen LogP contribution in [0.4, 0.5) is 4.39 Å². The predicted molar refractivity (Wildman–Crippen MR) is 54.9 cm³/mol. The number of ether oxygens (including phenoxy) is 1. The fourth-order valence-corrected chi connectivity index (χ4v) is 0.974. The van der Waals surface area contributed by atoms with Crippen LogP contribution in [0.5, 0.6) is 5.75 Å². The summed E-state index contributed by atoms with van der Waals surface area (Å²) >= 11 is 0. The van der Waals surface area contributed by atoms with Crippen molar-refractivity contribution >= 4 is 6.29 Å². The molecule has 0 spiro atoms. The second-order valence-electron chi connectivity index (χ2n) is 3.17. The molecule has 0 saturated carbocycles. The first-order valence-electron chi connectivity index (χ1n) is 4.38. The number of rotatable bonds is 4. The molecule has 0 aromatic heterocycles. The van der Waals surface area contributed by atoms with Gasteiger partial charge in [0.25, 0.3) is 0 Å². The molecule has 1 aromatic carbocycles. The quantitative estimate of drug-likeness (QED) is 0.430. The first-order chi connectivity index (χ1) is 7.11. The molecule has 0 unspecified atom stereocenters. The molecule has 0 heterocycles. The van der Waals surface area contributed by atoms with Crippen LogP contribution in [0.3, 0.4) is 0 Å². The van der Waals surface area contributed by atoms with Crippen LogP contribution in [0, 0.1) is 5.82 Å². The summed E-state index contributed by atoms with van der Waals surface area (Å²) in [6.45, 7) is 0. The zero-order valence-corrected chi connectivity index (χ0v) is 8.61. The standard InChI is InChI=1S/C11H12FNO2/c1-13(2)7-11(8-14)15-10-5-3-9(12)4-6-10/h3-8H,1-2H3/b11-7-. The predicted octanol–water partition coefficient (Wildman–Crippen LogP) is 1.81. The smallest absolute Gasteiger partial charge is 0.186 e. The van der Waals surface area contributed by atoms with E-state index in [-0.39, 0.29) is 11.6 Å². The number of halogens is 1. The van der Waals surface area contributed by atoms with E-state index >= 15 is 0 Å². The maximum Gasteiger partial charge on any atom is 0.186 e. The van der Waals surface area contributed by atoms with Crippen molar-refractivity contribution in [3.05, 3.63) is 42.0 Å². The van der Waals surface area contributed by atoms with Gasteiger partial charge in [-0.1, -0.05) is 0 Å². The third-order valence-electron chi connectivity index (χ3n) is 1.55. The monoisotopic (exact) mass is 209 g/mol. The third kappa shape index (κ3) is 3.81. The largest absolute Gasteiger partial charge is 0.452 e.